The number of thiazole rings is 1. The van der Waals surface area contributed by atoms with Gasteiger partial charge < -0.3 is 5.73 Å². The average Bonchev–Trinajstić information content (AvgIpc) is 2.67. The molecule has 0 spiro atoms. The van der Waals surface area contributed by atoms with E-state index in [2.05, 4.69) is 33.0 Å². The molecule has 4 heteroatoms. The fraction of sp³-hybridized carbons (Fsp3) is 0.100. The van der Waals surface area contributed by atoms with Gasteiger partial charge in [0.2, 0.25) is 0 Å². The molecule has 2 N–H and O–H groups in total. The molecule has 0 amide bonds. The van der Waals surface area contributed by atoms with Crippen molar-refractivity contribution in [3.05, 3.63) is 39.9 Å². The first-order valence-electron chi connectivity index (χ1n) is 4.19. The number of benzene rings is 1. The van der Waals surface area contributed by atoms with E-state index in [0.29, 0.717) is 6.54 Å². The molecule has 1 aromatic heterocycles. The van der Waals surface area contributed by atoms with Gasteiger partial charge in [-0.05, 0) is 17.7 Å². The number of hydrogen-bond acceptors (Lipinski definition) is 3. The van der Waals surface area contributed by atoms with Gasteiger partial charge in [0.15, 0.2) is 0 Å². The Hall–Kier alpha value is -0.710. The molecular weight excluding hydrogens is 260 g/mol. The van der Waals surface area contributed by atoms with Crippen LogP contribution >= 0.6 is 27.3 Å². The van der Waals surface area contributed by atoms with E-state index in [1.807, 2.05) is 17.6 Å². The third kappa shape index (κ3) is 1.87. The zero-order valence-corrected chi connectivity index (χ0v) is 9.81. The van der Waals surface area contributed by atoms with Gasteiger partial charge in [-0.15, -0.1) is 11.3 Å². The summed E-state index contributed by atoms with van der Waals surface area (Å²) in [7, 11) is 0. The molecule has 14 heavy (non-hydrogen) atoms. The van der Waals surface area contributed by atoms with Crippen LogP contribution in [0.3, 0.4) is 0 Å². The summed E-state index contributed by atoms with van der Waals surface area (Å²) in [4.78, 5) is 5.38. The molecule has 0 radical (unpaired) electrons. The fourth-order valence-electron chi connectivity index (χ4n) is 1.25. The predicted molar refractivity (Wildman–Crippen MR) is 63.1 cm³/mol. The summed E-state index contributed by atoms with van der Waals surface area (Å²) in [6.45, 7) is 0.495. The van der Waals surface area contributed by atoms with E-state index in [4.69, 9.17) is 5.73 Å². The number of aromatic nitrogens is 1. The second kappa shape index (κ2) is 4.21. The molecular formula is C10H9BrN2S. The van der Waals surface area contributed by atoms with Crippen LogP contribution in [-0.4, -0.2) is 4.98 Å². The highest BCUT2D eigenvalue weighted by Crippen LogP contribution is 2.28. The minimum Gasteiger partial charge on any atom is -0.325 e. The maximum atomic E-state index is 5.60. The first-order chi connectivity index (χ1) is 6.81. The lowest BCUT2D eigenvalue weighted by Gasteiger charge is -1.99. The summed E-state index contributed by atoms with van der Waals surface area (Å²) in [5.74, 6) is 0. The summed E-state index contributed by atoms with van der Waals surface area (Å²) in [5, 5.41) is 0. The van der Waals surface area contributed by atoms with Gasteiger partial charge in [0.25, 0.3) is 0 Å². The van der Waals surface area contributed by atoms with Crippen LogP contribution in [0.25, 0.3) is 10.4 Å². The van der Waals surface area contributed by atoms with E-state index in [1.165, 1.54) is 10.4 Å². The van der Waals surface area contributed by atoms with E-state index < -0.39 is 0 Å². The molecule has 0 saturated heterocycles. The van der Waals surface area contributed by atoms with E-state index in [-0.39, 0.29) is 0 Å². The molecule has 0 unspecified atom stereocenters. The number of hydrogen-bond donors (Lipinski definition) is 1. The smallest absolute Gasteiger partial charge is 0.0802 e. The molecule has 0 fully saturated rings. The zero-order valence-electron chi connectivity index (χ0n) is 7.40. The molecule has 2 nitrogen and oxygen atoms in total. The summed E-state index contributed by atoms with van der Waals surface area (Å²) in [6, 6.07) is 8.18. The van der Waals surface area contributed by atoms with Gasteiger partial charge in [-0.2, -0.15) is 0 Å². The molecule has 0 aliphatic carbocycles. The lowest BCUT2D eigenvalue weighted by molar-refractivity contribution is 1.01. The molecule has 0 atom stereocenters. The van der Waals surface area contributed by atoms with Crippen LogP contribution in [0.15, 0.2) is 34.2 Å². The van der Waals surface area contributed by atoms with Gasteiger partial charge in [0.1, 0.15) is 0 Å². The Labute approximate surface area is 94.9 Å². The van der Waals surface area contributed by atoms with Crippen molar-refractivity contribution in [2.24, 2.45) is 5.73 Å². The molecule has 1 heterocycles. The molecule has 2 aromatic rings. The number of halogens is 1. The SMILES string of the molecule is NCc1ncsc1-c1ccc(Br)cc1. The Morgan fingerprint density at radius 3 is 2.64 bits per heavy atom. The van der Waals surface area contributed by atoms with Crippen molar-refractivity contribution in [2.45, 2.75) is 6.54 Å². The maximum Gasteiger partial charge on any atom is 0.0802 e. The number of rotatable bonds is 2. The van der Waals surface area contributed by atoms with Crippen molar-refractivity contribution in [1.29, 1.82) is 0 Å². The molecule has 0 aliphatic heterocycles. The van der Waals surface area contributed by atoms with Gasteiger partial charge >= 0.3 is 0 Å². The Balaban J connectivity index is 2.44. The first-order valence-corrected chi connectivity index (χ1v) is 5.87. The van der Waals surface area contributed by atoms with Gasteiger partial charge in [-0.3, -0.25) is 0 Å². The third-order valence-electron chi connectivity index (χ3n) is 1.94. The van der Waals surface area contributed by atoms with Crippen molar-refractivity contribution >= 4 is 27.3 Å². The molecule has 2 rings (SSSR count). The van der Waals surface area contributed by atoms with Crippen LogP contribution in [0, 0.1) is 0 Å². The minimum absolute atomic E-state index is 0.495. The summed E-state index contributed by atoms with van der Waals surface area (Å²) in [6.07, 6.45) is 0. The Morgan fingerprint density at radius 1 is 1.29 bits per heavy atom. The van der Waals surface area contributed by atoms with Crippen molar-refractivity contribution in [3.63, 3.8) is 0 Å². The van der Waals surface area contributed by atoms with Gasteiger partial charge in [0, 0.05) is 11.0 Å². The Bertz CT molecular complexity index is 422. The van der Waals surface area contributed by atoms with E-state index in [9.17, 15) is 0 Å². The zero-order chi connectivity index (χ0) is 9.97. The quantitative estimate of drug-likeness (QED) is 0.910. The molecule has 72 valence electrons. The van der Waals surface area contributed by atoms with Crippen molar-refractivity contribution in [1.82, 2.24) is 4.98 Å². The topological polar surface area (TPSA) is 38.9 Å². The van der Waals surface area contributed by atoms with Crippen molar-refractivity contribution < 1.29 is 0 Å². The van der Waals surface area contributed by atoms with Crippen LogP contribution in [0.1, 0.15) is 5.69 Å². The highest BCUT2D eigenvalue weighted by molar-refractivity contribution is 9.10. The van der Waals surface area contributed by atoms with Gasteiger partial charge in [0.05, 0.1) is 16.1 Å². The highest BCUT2D eigenvalue weighted by Gasteiger charge is 2.06. The molecule has 1 aromatic carbocycles. The lowest BCUT2D eigenvalue weighted by Crippen LogP contribution is -1.97. The average molecular weight is 269 g/mol. The van der Waals surface area contributed by atoms with Gasteiger partial charge in [-0.25, -0.2) is 4.98 Å². The standard InChI is InChI=1S/C10H9BrN2S/c11-8-3-1-7(2-4-8)10-9(5-12)13-6-14-10/h1-4,6H,5,12H2. The Morgan fingerprint density at radius 2 is 2.00 bits per heavy atom. The van der Waals surface area contributed by atoms with Crippen molar-refractivity contribution in [2.75, 3.05) is 0 Å². The predicted octanol–water partition coefficient (Wildman–Crippen LogP) is 3.03. The van der Waals surface area contributed by atoms with Gasteiger partial charge in [-0.1, -0.05) is 28.1 Å². The van der Waals surface area contributed by atoms with E-state index in [0.717, 1.165) is 10.2 Å². The molecule has 0 aliphatic rings. The van der Waals surface area contributed by atoms with Crippen molar-refractivity contribution in [3.8, 4) is 10.4 Å². The Kier molecular flexibility index (Phi) is 2.96. The second-order valence-corrected chi connectivity index (χ2v) is 4.61. The molecule has 0 bridgehead atoms. The fourth-order valence-corrected chi connectivity index (χ4v) is 2.34. The van der Waals surface area contributed by atoms with E-state index in [1.54, 1.807) is 11.3 Å². The lowest BCUT2D eigenvalue weighted by atomic mass is 10.1. The largest absolute Gasteiger partial charge is 0.325 e. The second-order valence-electron chi connectivity index (χ2n) is 2.84. The summed E-state index contributed by atoms with van der Waals surface area (Å²) >= 11 is 5.03. The van der Waals surface area contributed by atoms with Crippen LogP contribution in [0.4, 0.5) is 0 Å². The monoisotopic (exact) mass is 268 g/mol. The third-order valence-corrected chi connectivity index (χ3v) is 3.39. The normalized spacial score (nSPS) is 10.4. The number of nitrogens with two attached hydrogens (primary N) is 1. The summed E-state index contributed by atoms with van der Waals surface area (Å²) < 4.78 is 1.08. The van der Waals surface area contributed by atoms with Crippen LogP contribution < -0.4 is 5.73 Å². The summed E-state index contributed by atoms with van der Waals surface area (Å²) in [5.41, 5.74) is 9.58. The van der Waals surface area contributed by atoms with Crippen LogP contribution in [-0.2, 0) is 6.54 Å². The van der Waals surface area contributed by atoms with E-state index >= 15 is 0 Å². The first kappa shape index (κ1) is 9.83. The maximum absolute atomic E-state index is 5.60. The van der Waals surface area contributed by atoms with Crippen LogP contribution in [0.2, 0.25) is 0 Å². The minimum atomic E-state index is 0.495. The highest BCUT2D eigenvalue weighted by atomic mass is 79.9. The molecule has 0 saturated carbocycles. The van der Waals surface area contributed by atoms with Crippen LogP contribution in [0.5, 0.6) is 0 Å². The number of nitrogens with zero attached hydrogens (tertiary/aromatic N) is 1.